The number of Topliss-reactive ketones (excluding diaryl/α,β-unsaturated/α-hetero) is 1. The van der Waals surface area contributed by atoms with Gasteiger partial charge in [-0.2, -0.15) is 0 Å². The molecule has 1 rings (SSSR count). The standard InChI is InChI=1S/C12H17NO6S/c1-20(18,19)5-4-9(7-11(15)16)13-12(17)8-2-3-10(14)6-8/h4-5,8-9H,2-3,6-7H2,1H3,(H,13,17)(H,15,16)/b5-4+/t8-,9+/m0/s1. The van der Waals surface area contributed by atoms with Crippen molar-refractivity contribution in [3.8, 4) is 0 Å². The molecule has 1 fully saturated rings. The van der Waals surface area contributed by atoms with Crippen molar-refractivity contribution in [2.24, 2.45) is 5.92 Å². The Balaban J connectivity index is 2.69. The molecule has 1 aliphatic rings. The molecule has 0 heterocycles. The molecule has 2 N–H and O–H groups in total. The summed E-state index contributed by atoms with van der Waals surface area (Å²) in [6, 6.07) is -0.912. The van der Waals surface area contributed by atoms with Crippen LogP contribution >= 0.6 is 0 Å². The highest BCUT2D eigenvalue weighted by atomic mass is 32.2. The number of carbonyl (C=O) groups is 3. The van der Waals surface area contributed by atoms with E-state index in [9.17, 15) is 22.8 Å². The third-order valence-electron chi connectivity index (χ3n) is 2.90. The molecule has 0 aromatic heterocycles. The van der Waals surface area contributed by atoms with E-state index in [-0.39, 0.29) is 12.2 Å². The first-order valence-electron chi connectivity index (χ1n) is 6.09. The molecule has 0 aromatic carbocycles. The Morgan fingerprint density at radius 1 is 1.50 bits per heavy atom. The van der Waals surface area contributed by atoms with Gasteiger partial charge in [-0.3, -0.25) is 14.4 Å². The highest BCUT2D eigenvalue weighted by molar-refractivity contribution is 7.93. The molecule has 1 aliphatic carbocycles. The van der Waals surface area contributed by atoms with E-state index in [1.165, 1.54) is 0 Å². The monoisotopic (exact) mass is 303 g/mol. The van der Waals surface area contributed by atoms with Gasteiger partial charge >= 0.3 is 5.97 Å². The topological polar surface area (TPSA) is 118 Å². The first-order valence-corrected chi connectivity index (χ1v) is 8.05. The van der Waals surface area contributed by atoms with E-state index in [2.05, 4.69) is 5.32 Å². The van der Waals surface area contributed by atoms with Gasteiger partial charge in [0.2, 0.25) is 5.91 Å². The Labute approximate surface area is 117 Å². The Bertz CT molecular complexity index is 536. The Kier molecular flexibility index (Phi) is 5.43. The van der Waals surface area contributed by atoms with Crippen LogP contribution in [0.2, 0.25) is 0 Å². The number of rotatable bonds is 6. The van der Waals surface area contributed by atoms with Crippen molar-refractivity contribution in [2.45, 2.75) is 31.7 Å². The minimum Gasteiger partial charge on any atom is -0.481 e. The van der Waals surface area contributed by atoms with Gasteiger partial charge in [0.25, 0.3) is 0 Å². The van der Waals surface area contributed by atoms with E-state index >= 15 is 0 Å². The van der Waals surface area contributed by atoms with Crippen LogP contribution in [0.1, 0.15) is 25.7 Å². The minimum absolute atomic E-state index is 0.00612. The third kappa shape index (κ3) is 5.96. The second-order valence-corrected chi connectivity index (χ2v) is 6.78. The van der Waals surface area contributed by atoms with E-state index in [0.29, 0.717) is 12.8 Å². The summed E-state index contributed by atoms with van der Waals surface area (Å²) < 4.78 is 22.0. The average molecular weight is 303 g/mol. The van der Waals surface area contributed by atoms with Gasteiger partial charge in [-0.05, 0) is 6.42 Å². The summed E-state index contributed by atoms with van der Waals surface area (Å²) in [4.78, 5) is 33.7. The number of ketones is 1. The number of hydrogen-bond donors (Lipinski definition) is 2. The van der Waals surface area contributed by atoms with Crippen LogP contribution in [0, 0.1) is 5.92 Å². The number of carboxylic acid groups (broad SMARTS) is 1. The fraction of sp³-hybridized carbons (Fsp3) is 0.583. The summed E-state index contributed by atoms with van der Waals surface area (Å²) in [5.41, 5.74) is 0. The molecule has 0 spiro atoms. The number of aliphatic carboxylic acids is 1. The van der Waals surface area contributed by atoms with Crippen molar-refractivity contribution in [1.29, 1.82) is 0 Å². The molecule has 1 saturated carbocycles. The van der Waals surface area contributed by atoms with Gasteiger partial charge in [-0.25, -0.2) is 8.42 Å². The number of amides is 1. The highest BCUT2D eigenvalue weighted by Gasteiger charge is 2.29. The van der Waals surface area contributed by atoms with Crippen molar-refractivity contribution in [3.05, 3.63) is 11.5 Å². The zero-order valence-electron chi connectivity index (χ0n) is 11.0. The van der Waals surface area contributed by atoms with Crippen molar-refractivity contribution in [2.75, 3.05) is 6.26 Å². The second kappa shape index (κ2) is 6.65. The van der Waals surface area contributed by atoms with Crippen molar-refractivity contribution in [3.63, 3.8) is 0 Å². The molecule has 0 radical (unpaired) electrons. The van der Waals surface area contributed by atoms with Gasteiger partial charge in [-0.1, -0.05) is 6.08 Å². The van der Waals surface area contributed by atoms with Crippen LogP contribution in [0.25, 0.3) is 0 Å². The Morgan fingerprint density at radius 2 is 2.15 bits per heavy atom. The number of nitrogens with one attached hydrogen (secondary N) is 1. The first-order chi connectivity index (χ1) is 9.17. The summed E-state index contributed by atoms with van der Waals surface area (Å²) in [5, 5.41) is 12.1. The molecule has 0 aliphatic heterocycles. The molecule has 8 heteroatoms. The maximum atomic E-state index is 11.9. The fourth-order valence-corrected chi connectivity index (χ4v) is 2.41. The number of carboxylic acids is 1. The van der Waals surface area contributed by atoms with Crippen LogP contribution in [0.3, 0.4) is 0 Å². The van der Waals surface area contributed by atoms with Crippen LogP contribution < -0.4 is 5.32 Å². The molecule has 0 unspecified atom stereocenters. The van der Waals surface area contributed by atoms with E-state index in [1.807, 2.05) is 0 Å². The van der Waals surface area contributed by atoms with Crippen LogP contribution in [0.4, 0.5) is 0 Å². The zero-order chi connectivity index (χ0) is 15.3. The summed E-state index contributed by atoms with van der Waals surface area (Å²) in [6.07, 6.45) is 2.64. The number of carbonyl (C=O) groups excluding carboxylic acids is 2. The molecule has 0 bridgehead atoms. The third-order valence-corrected chi connectivity index (χ3v) is 3.55. The lowest BCUT2D eigenvalue weighted by atomic mass is 10.1. The average Bonchev–Trinajstić information content (AvgIpc) is 2.71. The second-order valence-electron chi connectivity index (χ2n) is 4.85. The number of hydrogen-bond acceptors (Lipinski definition) is 5. The van der Waals surface area contributed by atoms with Gasteiger partial charge in [-0.15, -0.1) is 0 Å². The maximum absolute atomic E-state index is 11.9. The van der Waals surface area contributed by atoms with E-state index in [4.69, 9.17) is 5.11 Å². The minimum atomic E-state index is -3.40. The smallest absolute Gasteiger partial charge is 0.305 e. The molecular weight excluding hydrogens is 286 g/mol. The maximum Gasteiger partial charge on any atom is 0.305 e. The van der Waals surface area contributed by atoms with Gasteiger partial charge in [0.15, 0.2) is 9.84 Å². The summed E-state index contributed by atoms with van der Waals surface area (Å²) in [7, 11) is -3.40. The summed E-state index contributed by atoms with van der Waals surface area (Å²) in [5.74, 6) is -2.02. The predicted octanol–water partition coefficient (Wildman–Crippen LogP) is -0.127. The molecule has 7 nitrogen and oxygen atoms in total. The Hall–Kier alpha value is -1.70. The SMILES string of the molecule is CS(=O)(=O)/C=C/[C@H](CC(=O)O)NC(=O)[C@H]1CCC(=O)C1. The van der Waals surface area contributed by atoms with Crippen LogP contribution in [0.15, 0.2) is 11.5 Å². The van der Waals surface area contributed by atoms with Gasteiger partial charge in [0, 0.05) is 30.4 Å². The van der Waals surface area contributed by atoms with Crippen LogP contribution in [-0.4, -0.2) is 43.5 Å². The molecule has 2 atom stereocenters. The zero-order valence-corrected chi connectivity index (χ0v) is 11.9. The van der Waals surface area contributed by atoms with E-state index in [0.717, 1.165) is 17.7 Å². The van der Waals surface area contributed by atoms with Gasteiger partial charge < -0.3 is 10.4 Å². The molecule has 0 aromatic rings. The molecular formula is C12H17NO6S. The molecule has 20 heavy (non-hydrogen) atoms. The Morgan fingerprint density at radius 3 is 2.60 bits per heavy atom. The van der Waals surface area contributed by atoms with E-state index < -0.39 is 40.1 Å². The fourth-order valence-electron chi connectivity index (χ4n) is 1.93. The number of sulfone groups is 1. The lowest BCUT2D eigenvalue weighted by molar-refractivity contribution is -0.137. The van der Waals surface area contributed by atoms with Crippen molar-refractivity contribution >= 4 is 27.5 Å². The molecule has 0 saturated heterocycles. The lowest BCUT2D eigenvalue weighted by Gasteiger charge is -2.15. The normalized spacial score (nSPS) is 21.1. The lowest BCUT2D eigenvalue weighted by Crippen LogP contribution is -2.38. The van der Waals surface area contributed by atoms with Gasteiger partial charge in [0.1, 0.15) is 5.78 Å². The molecule has 1 amide bonds. The first kappa shape index (κ1) is 16.4. The van der Waals surface area contributed by atoms with Crippen LogP contribution in [-0.2, 0) is 24.2 Å². The summed E-state index contributed by atoms with van der Waals surface area (Å²) >= 11 is 0. The highest BCUT2D eigenvalue weighted by Crippen LogP contribution is 2.22. The quantitative estimate of drug-likeness (QED) is 0.706. The summed E-state index contributed by atoms with van der Waals surface area (Å²) in [6.45, 7) is 0. The predicted molar refractivity (Wildman–Crippen MR) is 70.5 cm³/mol. The van der Waals surface area contributed by atoms with Crippen LogP contribution in [0.5, 0.6) is 0 Å². The van der Waals surface area contributed by atoms with Crippen molar-refractivity contribution in [1.82, 2.24) is 5.32 Å². The molecule has 112 valence electrons. The largest absolute Gasteiger partial charge is 0.481 e. The van der Waals surface area contributed by atoms with Gasteiger partial charge in [0.05, 0.1) is 12.5 Å². The van der Waals surface area contributed by atoms with Crippen molar-refractivity contribution < 1.29 is 27.9 Å². The van der Waals surface area contributed by atoms with E-state index in [1.54, 1.807) is 0 Å².